The number of morpholine rings is 1. The first kappa shape index (κ1) is 16.0. The third kappa shape index (κ3) is 3.22. The number of anilines is 1. The van der Waals surface area contributed by atoms with E-state index in [0.29, 0.717) is 6.61 Å². The zero-order valence-corrected chi connectivity index (χ0v) is 14.9. The van der Waals surface area contributed by atoms with Crippen molar-refractivity contribution in [3.63, 3.8) is 0 Å². The molecule has 0 amide bonds. The van der Waals surface area contributed by atoms with Crippen molar-refractivity contribution in [1.29, 1.82) is 0 Å². The highest BCUT2D eigenvalue weighted by molar-refractivity contribution is 5.89. The first-order valence-corrected chi connectivity index (χ1v) is 8.69. The molecule has 0 N–H and O–H groups in total. The molecule has 0 saturated carbocycles. The smallest absolute Gasteiger partial charge is 0.140 e. The topological polar surface area (TPSA) is 56.1 Å². The van der Waals surface area contributed by atoms with Gasteiger partial charge < -0.3 is 9.64 Å². The average molecular weight is 337 g/mol. The minimum absolute atomic E-state index is 0.0987. The predicted molar refractivity (Wildman–Crippen MR) is 97.9 cm³/mol. The second-order valence-electron chi connectivity index (χ2n) is 6.77. The molecule has 1 saturated heterocycles. The molecule has 6 nitrogen and oxygen atoms in total. The van der Waals surface area contributed by atoms with Gasteiger partial charge in [-0.05, 0) is 39.0 Å². The second-order valence-corrected chi connectivity index (χ2v) is 6.77. The molecule has 0 aliphatic carbocycles. The minimum atomic E-state index is 0.0987. The fourth-order valence-corrected chi connectivity index (χ4v) is 3.48. The lowest BCUT2D eigenvalue weighted by Crippen LogP contribution is -2.45. The molecule has 6 heteroatoms. The van der Waals surface area contributed by atoms with Crippen LogP contribution in [0.5, 0.6) is 0 Å². The Hall–Kier alpha value is -2.47. The van der Waals surface area contributed by atoms with Crippen molar-refractivity contribution in [3.8, 4) is 0 Å². The average Bonchev–Trinajstić information content (AvgIpc) is 2.91. The Morgan fingerprint density at radius 1 is 1.16 bits per heavy atom. The lowest BCUT2D eigenvalue weighted by Gasteiger charge is -2.34. The van der Waals surface area contributed by atoms with Gasteiger partial charge in [0, 0.05) is 24.2 Å². The Labute approximate surface area is 147 Å². The predicted octanol–water partition coefficient (Wildman–Crippen LogP) is 2.66. The minimum Gasteiger partial charge on any atom is -0.373 e. The summed E-state index contributed by atoms with van der Waals surface area (Å²) in [6.07, 6.45) is 1.75. The second kappa shape index (κ2) is 6.44. The summed E-state index contributed by atoms with van der Waals surface area (Å²) in [5.41, 5.74) is 4.41. The number of hydrogen-bond acceptors (Lipinski definition) is 5. The molecule has 4 rings (SSSR count). The maximum absolute atomic E-state index is 5.99. The van der Waals surface area contributed by atoms with E-state index in [1.54, 1.807) is 6.33 Å². The highest BCUT2D eigenvalue weighted by atomic mass is 16.5. The van der Waals surface area contributed by atoms with E-state index in [1.165, 1.54) is 11.3 Å². The van der Waals surface area contributed by atoms with E-state index < -0.39 is 0 Å². The summed E-state index contributed by atoms with van der Waals surface area (Å²) in [6, 6.07) is 8.41. The Balaban J connectivity index is 1.59. The number of benzene rings is 1. The van der Waals surface area contributed by atoms with Crippen molar-refractivity contribution >= 4 is 16.7 Å². The molecule has 1 aromatic carbocycles. The van der Waals surface area contributed by atoms with Gasteiger partial charge in [-0.2, -0.15) is 5.10 Å². The van der Waals surface area contributed by atoms with E-state index in [0.717, 1.165) is 42.0 Å². The summed E-state index contributed by atoms with van der Waals surface area (Å²) in [5.74, 6) is 0.996. The summed E-state index contributed by atoms with van der Waals surface area (Å²) in [7, 11) is 0. The number of hydrogen-bond donors (Lipinski definition) is 0. The van der Waals surface area contributed by atoms with Crippen LogP contribution in [-0.2, 0) is 11.3 Å². The van der Waals surface area contributed by atoms with Crippen molar-refractivity contribution in [2.45, 2.75) is 33.4 Å². The van der Waals surface area contributed by atoms with Gasteiger partial charge in [0.15, 0.2) is 0 Å². The summed E-state index contributed by atoms with van der Waals surface area (Å²) >= 11 is 0. The molecular weight excluding hydrogens is 314 g/mol. The van der Waals surface area contributed by atoms with Crippen LogP contribution in [-0.4, -0.2) is 45.5 Å². The number of aromatic nitrogens is 4. The van der Waals surface area contributed by atoms with Gasteiger partial charge in [-0.3, -0.25) is 4.68 Å². The number of aryl methyl sites for hydroxylation is 3. The van der Waals surface area contributed by atoms with Gasteiger partial charge in [0.2, 0.25) is 0 Å². The molecule has 0 bridgehead atoms. The van der Waals surface area contributed by atoms with Gasteiger partial charge >= 0.3 is 0 Å². The zero-order chi connectivity index (χ0) is 17.4. The molecule has 3 aromatic rings. The van der Waals surface area contributed by atoms with E-state index in [1.807, 2.05) is 11.6 Å². The molecule has 25 heavy (non-hydrogen) atoms. The van der Waals surface area contributed by atoms with E-state index in [4.69, 9.17) is 4.74 Å². The summed E-state index contributed by atoms with van der Waals surface area (Å²) in [5, 5.41) is 5.66. The van der Waals surface area contributed by atoms with Crippen LogP contribution in [0.25, 0.3) is 10.9 Å². The van der Waals surface area contributed by atoms with Crippen molar-refractivity contribution < 1.29 is 4.74 Å². The largest absolute Gasteiger partial charge is 0.373 e. The lowest BCUT2D eigenvalue weighted by atomic mass is 10.1. The molecular formula is C19H23N5O. The first-order valence-electron chi connectivity index (χ1n) is 8.69. The van der Waals surface area contributed by atoms with E-state index >= 15 is 0 Å². The van der Waals surface area contributed by atoms with Gasteiger partial charge in [0.25, 0.3) is 0 Å². The molecule has 2 aromatic heterocycles. The van der Waals surface area contributed by atoms with Crippen molar-refractivity contribution in [3.05, 3.63) is 47.5 Å². The number of rotatable bonds is 3. The van der Waals surface area contributed by atoms with E-state index in [9.17, 15) is 0 Å². The summed E-state index contributed by atoms with van der Waals surface area (Å²) in [4.78, 5) is 11.3. The summed E-state index contributed by atoms with van der Waals surface area (Å²) in [6.45, 7) is 9.31. The van der Waals surface area contributed by atoms with Crippen molar-refractivity contribution in [2.24, 2.45) is 0 Å². The fourth-order valence-electron chi connectivity index (χ4n) is 3.48. The Morgan fingerprint density at radius 2 is 2.04 bits per heavy atom. The Morgan fingerprint density at radius 3 is 2.84 bits per heavy atom. The fraction of sp³-hybridized carbons (Fsp3) is 0.421. The molecule has 0 spiro atoms. The van der Waals surface area contributed by atoms with Crippen LogP contribution in [0.1, 0.15) is 17.0 Å². The van der Waals surface area contributed by atoms with Gasteiger partial charge in [-0.1, -0.05) is 11.6 Å². The van der Waals surface area contributed by atoms with E-state index in [2.05, 4.69) is 58.1 Å². The highest BCUT2D eigenvalue weighted by Crippen LogP contribution is 2.25. The monoisotopic (exact) mass is 337 g/mol. The van der Waals surface area contributed by atoms with Crippen molar-refractivity contribution in [2.75, 3.05) is 24.6 Å². The van der Waals surface area contributed by atoms with Gasteiger partial charge in [-0.25, -0.2) is 9.97 Å². The highest BCUT2D eigenvalue weighted by Gasteiger charge is 2.24. The molecule has 1 aliphatic heterocycles. The van der Waals surface area contributed by atoms with Crippen LogP contribution >= 0.6 is 0 Å². The number of fused-ring (bicyclic) bond motifs is 1. The van der Waals surface area contributed by atoms with Gasteiger partial charge in [-0.15, -0.1) is 0 Å². The van der Waals surface area contributed by atoms with Crippen LogP contribution in [0.3, 0.4) is 0 Å². The molecule has 1 atom stereocenters. The Bertz CT molecular complexity index is 904. The molecule has 3 heterocycles. The zero-order valence-electron chi connectivity index (χ0n) is 14.9. The number of ether oxygens (including phenoxy) is 1. The normalized spacial score (nSPS) is 18.0. The standard InChI is InChI=1S/C19H23N5O/c1-13-4-5-18-17(8-13)19(21-12-20-18)23-6-7-25-16(10-23)11-24-15(3)9-14(2)22-24/h4-5,8-9,12,16H,6-7,10-11H2,1-3H3. The third-order valence-electron chi connectivity index (χ3n) is 4.69. The maximum atomic E-state index is 5.99. The molecule has 1 fully saturated rings. The van der Waals surface area contributed by atoms with Crippen LogP contribution in [0.15, 0.2) is 30.6 Å². The summed E-state index contributed by atoms with van der Waals surface area (Å²) < 4.78 is 8.02. The molecule has 0 radical (unpaired) electrons. The first-order chi connectivity index (χ1) is 12.1. The maximum Gasteiger partial charge on any atom is 0.140 e. The molecule has 130 valence electrons. The third-order valence-corrected chi connectivity index (χ3v) is 4.69. The van der Waals surface area contributed by atoms with Crippen LogP contribution in [0.2, 0.25) is 0 Å². The van der Waals surface area contributed by atoms with Gasteiger partial charge in [0.05, 0.1) is 30.5 Å². The van der Waals surface area contributed by atoms with Crippen LogP contribution < -0.4 is 4.90 Å². The Kier molecular flexibility index (Phi) is 4.13. The molecule has 1 unspecified atom stereocenters. The van der Waals surface area contributed by atoms with E-state index in [-0.39, 0.29) is 6.10 Å². The van der Waals surface area contributed by atoms with Crippen molar-refractivity contribution in [1.82, 2.24) is 19.7 Å². The number of nitrogens with zero attached hydrogens (tertiary/aromatic N) is 5. The van der Waals surface area contributed by atoms with Crippen LogP contribution in [0, 0.1) is 20.8 Å². The molecule has 1 aliphatic rings. The quantitative estimate of drug-likeness (QED) is 0.735. The van der Waals surface area contributed by atoms with Crippen LogP contribution in [0.4, 0.5) is 5.82 Å². The SMILES string of the molecule is Cc1ccc2ncnc(N3CCOC(Cn4nc(C)cc4C)C3)c2c1. The van der Waals surface area contributed by atoms with Gasteiger partial charge in [0.1, 0.15) is 12.1 Å². The lowest BCUT2D eigenvalue weighted by molar-refractivity contribution is 0.0268.